The fourth-order valence-corrected chi connectivity index (χ4v) is 1.49. The van der Waals surface area contributed by atoms with Crippen molar-refractivity contribution in [3.8, 4) is 0 Å². The Bertz CT molecular complexity index is 391. The second-order valence-corrected chi connectivity index (χ2v) is 5.05. The van der Waals surface area contributed by atoms with Crippen LogP contribution in [0.25, 0.3) is 0 Å². The number of amides is 1. The summed E-state index contributed by atoms with van der Waals surface area (Å²) in [6, 6.07) is 0. The molecule has 0 fully saturated rings. The summed E-state index contributed by atoms with van der Waals surface area (Å²) >= 11 is 0. The molecule has 0 atom stereocenters. The zero-order valence-electron chi connectivity index (χ0n) is 11.2. The number of rotatable bonds is 3. The van der Waals surface area contributed by atoms with Crippen LogP contribution in [0, 0.1) is 13.8 Å². The molecule has 1 heterocycles. The predicted molar refractivity (Wildman–Crippen MR) is 65.9 cm³/mol. The van der Waals surface area contributed by atoms with Crippen LogP contribution in [0.1, 0.15) is 32.3 Å². The molecular formula is C12H21N3O2. The third kappa shape index (κ3) is 4.89. The van der Waals surface area contributed by atoms with Crippen LogP contribution in [0.3, 0.4) is 0 Å². The van der Waals surface area contributed by atoms with Gasteiger partial charge in [-0.2, -0.15) is 0 Å². The molecule has 0 aliphatic rings. The van der Waals surface area contributed by atoms with Crippen LogP contribution >= 0.6 is 0 Å². The van der Waals surface area contributed by atoms with E-state index in [-0.39, 0.29) is 6.09 Å². The van der Waals surface area contributed by atoms with Crippen LogP contribution in [0.2, 0.25) is 0 Å². The molecule has 0 radical (unpaired) electrons. The SMILES string of the molecule is Cc1cn(CCNC(=O)OC(C)(C)C)c(C)n1. The van der Waals surface area contributed by atoms with Crippen LogP contribution in [-0.2, 0) is 11.3 Å². The summed E-state index contributed by atoms with van der Waals surface area (Å²) < 4.78 is 7.14. The number of alkyl carbamates (subject to hydrolysis) is 1. The minimum absolute atomic E-state index is 0.382. The molecule has 1 aromatic heterocycles. The highest BCUT2D eigenvalue weighted by molar-refractivity contribution is 5.67. The monoisotopic (exact) mass is 239 g/mol. The van der Waals surface area contributed by atoms with Crippen molar-refractivity contribution >= 4 is 6.09 Å². The summed E-state index contributed by atoms with van der Waals surface area (Å²) in [5.41, 5.74) is 0.533. The number of carbonyl (C=O) groups excluding carboxylic acids is 1. The lowest BCUT2D eigenvalue weighted by molar-refractivity contribution is 0.0526. The van der Waals surface area contributed by atoms with Crippen molar-refractivity contribution in [1.29, 1.82) is 0 Å². The molecule has 96 valence electrons. The molecule has 5 heteroatoms. The maximum atomic E-state index is 11.4. The molecule has 1 amide bonds. The van der Waals surface area contributed by atoms with Crippen molar-refractivity contribution in [3.63, 3.8) is 0 Å². The van der Waals surface area contributed by atoms with E-state index in [4.69, 9.17) is 4.74 Å². The van der Waals surface area contributed by atoms with Gasteiger partial charge in [0.05, 0.1) is 5.69 Å². The summed E-state index contributed by atoms with van der Waals surface area (Å²) in [4.78, 5) is 15.7. The molecule has 0 spiro atoms. The lowest BCUT2D eigenvalue weighted by atomic mass is 10.2. The fraction of sp³-hybridized carbons (Fsp3) is 0.667. The van der Waals surface area contributed by atoms with Crippen molar-refractivity contribution in [2.45, 2.75) is 46.8 Å². The van der Waals surface area contributed by atoms with Gasteiger partial charge in [-0.05, 0) is 34.6 Å². The summed E-state index contributed by atoms with van der Waals surface area (Å²) in [5.74, 6) is 0.952. The van der Waals surface area contributed by atoms with Gasteiger partial charge in [0, 0.05) is 19.3 Å². The average Bonchev–Trinajstić information content (AvgIpc) is 2.42. The molecule has 1 rings (SSSR count). The van der Waals surface area contributed by atoms with Gasteiger partial charge in [0.25, 0.3) is 0 Å². The number of imidazole rings is 1. The highest BCUT2D eigenvalue weighted by Gasteiger charge is 2.15. The number of nitrogens with zero attached hydrogens (tertiary/aromatic N) is 2. The average molecular weight is 239 g/mol. The number of hydrogen-bond acceptors (Lipinski definition) is 3. The van der Waals surface area contributed by atoms with Gasteiger partial charge in [-0.25, -0.2) is 9.78 Å². The van der Waals surface area contributed by atoms with Gasteiger partial charge >= 0.3 is 6.09 Å². The predicted octanol–water partition coefficient (Wildman–Crippen LogP) is 2.02. The van der Waals surface area contributed by atoms with Crippen molar-refractivity contribution < 1.29 is 9.53 Å². The minimum atomic E-state index is -0.453. The highest BCUT2D eigenvalue weighted by atomic mass is 16.6. The molecule has 1 N–H and O–H groups in total. The quantitative estimate of drug-likeness (QED) is 0.878. The van der Waals surface area contributed by atoms with E-state index in [0.29, 0.717) is 13.1 Å². The van der Waals surface area contributed by atoms with Crippen molar-refractivity contribution in [2.24, 2.45) is 0 Å². The van der Waals surface area contributed by atoms with Gasteiger partial charge < -0.3 is 14.6 Å². The molecule has 5 nitrogen and oxygen atoms in total. The van der Waals surface area contributed by atoms with Crippen molar-refractivity contribution in [2.75, 3.05) is 6.54 Å². The molecule has 0 aliphatic carbocycles. The Hall–Kier alpha value is -1.52. The summed E-state index contributed by atoms with van der Waals surface area (Å²) in [7, 11) is 0. The Morgan fingerprint density at radius 1 is 1.47 bits per heavy atom. The minimum Gasteiger partial charge on any atom is -0.444 e. The first-order valence-corrected chi connectivity index (χ1v) is 5.75. The number of ether oxygens (including phenoxy) is 1. The Balaban J connectivity index is 2.33. The fourth-order valence-electron chi connectivity index (χ4n) is 1.49. The molecule has 0 unspecified atom stereocenters. The largest absolute Gasteiger partial charge is 0.444 e. The van der Waals surface area contributed by atoms with Crippen molar-refractivity contribution in [3.05, 3.63) is 17.7 Å². The van der Waals surface area contributed by atoms with E-state index in [9.17, 15) is 4.79 Å². The first kappa shape index (κ1) is 13.5. The van der Waals surface area contributed by atoms with Gasteiger partial charge in [0.1, 0.15) is 11.4 Å². The number of aryl methyl sites for hydroxylation is 2. The van der Waals surface area contributed by atoms with Crippen LogP contribution in [0.4, 0.5) is 4.79 Å². The Morgan fingerprint density at radius 3 is 2.59 bits per heavy atom. The zero-order valence-corrected chi connectivity index (χ0v) is 11.2. The molecule has 0 aliphatic heterocycles. The normalized spacial score (nSPS) is 11.4. The van der Waals surface area contributed by atoms with Crippen LogP contribution in [0.15, 0.2) is 6.20 Å². The maximum absolute atomic E-state index is 11.4. The molecule has 0 saturated heterocycles. The molecule has 0 saturated carbocycles. The Kier molecular flexibility index (Phi) is 4.15. The number of hydrogen-bond donors (Lipinski definition) is 1. The first-order valence-electron chi connectivity index (χ1n) is 5.75. The van der Waals surface area contributed by atoms with E-state index in [0.717, 1.165) is 11.5 Å². The highest BCUT2D eigenvalue weighted by Crippen LogP contribution is 2.06. The molecule has 1 aromatic rings. The van der Waals surface area contributed by atoms with Crippen molar-refractivity contribution in [1.82, 2.24) is 14.9 Å². The third-order valence-corrected chi connectivity index (χ3v) is 2.12. The zero-order chi connectivity index (χ0) is 13.1. The maximum Gasteiger partial charge on any atom is 0.407 e. The lowest BCUT2D eigenvalue weighted by Gasteiger charge is -2.19. The first-order chi connectivity index (χ1) is 7.78. The summed E-state index contributed by atoms with van der Waals surface area (Å²) in [6.07, 6.45) is 1.58. The van der Waals surface area contributed by atoms with E-state index < -0.39 is 5.60 Å². The second-order valence-electron chi connectivity index (χ2n) is 5.05. The Labute approximate surface area is 102 Å². The summed E-state index contributed by atoms with van der Waals surface area (Å²) in [6.45, 7) is 10.7. The second kappa shape index (κ2) is 5.21. The van der Waals surface area contributed by atoms with Crippen LogP contribution in [-0.4, -0.2) is 27.8 Å². The van der Waals surface area contributed by atoms with E-state index in [1.807, 2.05) is 45.4 Å². The lowest BCUT2D eigenvalue weighted by Crippen LogP contribution is -2.34. The molecule has 0 bridgehead atoms. The van der Waals surface area contributed by atoms with Gasteiger partial charge in [-0.1, -0.05) is 0 Å². The Morgan fingerprint density at radius 2 is 2.12 bits per heavy atom. The third-order valence-electron chi connectivity index (χ3n) is 2.12. The standard InChI is InChI=1S/C12H21N3O2/c1-9-8-15(10(2)14-9)7-6-13-11(16)17-12(3,4)5/h8H,6-7H2,1-5H3,(H,13,16). The topological polar surface area (TPSA) is 56.2 Å². The number of carbonyl (C=O) groups is 1. The van der Waals surface area contributed by atoms with E-state index in [1.165, 1.54) is 0 Å². The van der Waals surface area contributed by atoms with Crippen LogP contribution in [0.5, 0.6) is 0 Å². The molecular weight excluding hydrogens is 218 g/mol. The van der Waals surface area contributed by atoms with E-state index in [2.05, 4.69) is 10.3 Å². The number of aromatic nitrogens is 2. The van der Waals surface area contributed by atoms with Gasteiger partial charge in [-0.3, -0.25) is 0 Å². The van der Waals surface area contributed by atoms with E-state index in [1.54, 1.807) is 0 Å². The smallest absolute Gasteiger partial charge is 0.407 e. The van der Waals surface area contributed by atoms with Gasteiger partial charge in [-0.15, -0.1) is 0 Å². The molecule has 0 aromatic carbocycles. The van der Waals surface area contributed by atoms with E-state index >= 15 is 0 Å². The molecule has 17 heavy (non-hydrogen) atoms. The number of nitrogens with one attached hydrogen (secondary N) is 1. The van der Waals surface area contributed by atoms with Crippen LogP contribution < -0.4 is 5.32 Å². The van der Waals surface area contributed by atoms with Gasteiger partial charge in [0.2, 0.25) is 0 Å². The summed E-state index contributed by atoms with van der Waals surface area (Å²) in [5, 5.41) is 2.71. The van der Waals surface area contributed by atoms with Gasteiger partial charge in [0.15, 0.2) is 0 Å².